The van der Waals surface area contributed by atoms with E-state index < -0.39 is 5.97 Å². The third-order valence-corrected chi connectivity index (χ3v) is 4.40. The number of nitrogens with zero attached hydrogens (tertiary/aromatic N) is 1. The third kappa shape index (κ3) is 2.98. The molecule has 1 atom stereocenters. The minimum atomic E-state index is -0.663. The molecule has 2 aliphatic rings. The summed E-state index contributed by atoms with van der Waals surface area (Å²) in [6.45, 7) is 2.95. The SMILES string of the molecule is O=C(O)CC1CCN(Cc2ccc3c(c2)CCC3)C1. The first kappa shape index (κ1) is 12.7. The number of fused-ring (bicyclic) bond motifs is 1. The van der Waals surface area contributed by atoms with Gasteiger partial charge in [-0.15, -0.1) is 0 Å². The summed E-state index contributed by atoms with van der Waals surface area (Å²) in [6.07, 6.45) is 5.10. The molecule has 0 bridgehead atoms. The Morgan fingerprint density at radius 2 is 2.16 bits per heavy atom. The normalized spacial score (nSPS) is 22.6. The number of aryl methyl sites for hydroxylation is 2. The largest absolute Gasteiger partial charge is 0.481 e. The first-order valence-electron chi connectivity index (χ1n) is 7.25. The van der Waals surface area contributed by atoms with E-state index in [4.69, 9.17) is 5.11 Å². The van der Waals surface area contributed by atoms with Gasteiger partial charge >= 0.3 is 5.97 Å². The van der Waals surface area contributed by atoms with E-state index in [0.29, 0.717) is 12.3 Å². The molecule has 1 heterocycles. The predicted octanol–water partition coefficient (Wildman–Crippen LogP) is 2.47. The number of carboxylic acid groups (broad SMARTS) is 1. The molecule has 0 amide bonds. The van der Waals surface area contributed by atoms with Gasteiger partial charge in [-0.1, -0.05) is 18.2 Å². The maximum Gasteiger partial charge on any atom is 0.303 e. The molecule has 1 aliphatic heterocycles. The Kier molecular flexibility index (Phi) is 3.56. The minimum Gasteiger partial charge on any atom is -0.481 e. The highest BCUT2D eigenvalue weighted by Crippen LogP contribution is 2.25. The molecule has 3 nitrogen and oxygen atoms in total. The second-order valence-electron chi connectivity index (χ2n) is 5.94. The van der Waals surface area contributed by atoms with E-state index in [1.165, 1.54) is 36.0 Å². The van der Waals surface area contributed by atoms with Gasteiger partial charge in [0.05, 0.1) is 0 Å². The van der Waals surface area contributed by atoms with E-state index >= 15 is 0 Å². The van der Waals surface area contributed by atoms with Crippen LogP contribution in [-0.4, -0.2) is 29.1 Å². The molecule has 0 spiro atoms. The van der Waals surface area contributed by atoms with Crippen molar-refractivity contribution in [3.8, 4) is 0 Å². The molecule has 0 aromatic heterocycles. The number of carbonyl (C=O) groups is 1. The molecule has 1 unspecified atom stereocenters. The van der Waals surface area contributed by atoms with Crippen molar-refractivity contribution < 1.29 is 9.90 Å². The van der Waals surface area contributed by atoms with Gasteiger partial charge in [-0.05, 0) is 54.8 Å². The van der Waals surface area contributed by atoms with E-state index in [9.17, 15) is 4.79 Å². The maximum atomic E-state index is 10.7. The van der Waals surface area contributed by atoms with Gasteiger partial charge in [0.15, 0.2) is 0 Å². The highest BCUT2D eigenvalue weighted by atomic mass is 16.4. The summed E-state index contributed by atoms with van der Waals surface area (Å²) < 4.78 is 0. The van der Waals surface area contributed by atoms with Gasteiger partial charge in [-0.3, -0.25) is 9.69 Å². The summed E-state index contributed by atoms with van der Waals surface area (Å²) in [6, 6.07) is 6.88. The standard InChI is InChI=1S/C16H21NO2/c18-16(19)9-13-6-7-17(11-13)10-12-4-5-14-2-1-3-15(14)8-12/h4-5,8,13H,1-3,6-7,9-11H2,(H,18,19). The minimum absolute atomic E-state index is 0.320. The zero-order chi connectivity index (χ0) is 13.2. The average Bonchev–Trinajstić information content (AvgIpc) is 2.97. The number of hydrogen-bond donors (Lipinski definition) is 1. The van der Waals surface area contributed by atoms with Crippen LogP contribution in [0.4, 0.5) is 0 Å². The molecule has 19 heavy (non-hydrogen) atoms. The van der Waals surface area contributed by atoms with Gasteiger partial charge in [0.2, 0.25) is 0 Å². The summed E-state index contributed by atoms with van der Waals surface area (Å²) >= 11 is 0. The van der Waals surface area contributed by atoms with E-state index in [-0.39, 0.29) is 0 Å². The van der Waals surface area contributed by atoms with Crippen molar-refractivity contribution in [2.75, 3.05) is 13.1 Å². The number of rotatable bonds is 4. The van der Waals surface area contributed by atoms with E-state index in [1.54, 1.807) is 0 Å². The Hall–Kier alpha value is -1.35. The number of likely N-dealkylation sites (tertiary alicyclic amines) is 1. The molecule has 102 valence electrons. The van der Waals surface area contributed by atoms with E-state index in [0.717, 1.165) is 26.1 Å². The first-order valence-corrected chi connectivity index (χ1v) is 7.25. The zero-order valence-electron chi connectivity index (χ0n) is 11.3. The van der Waals surface area contributed by atoms with Crippen LogP contribution in [0.3, 0.4) is 0 Å². The molecule has 0 saturated carbocycles. The fourth-order valence-corrected chi connectivity index (χ4v) is 3.45. The Labute approximate surface area is 114 Å². The van der Waals surface area contributed by atoms with Crippen LogP contribution in [0.25, 0.3) is 0 Å². The molecule has 1 aliphatic carbocycles. The quantitative estimate of drug-likeness (QED) is 0.903. The van der Waals surface area contributed by atoms with Crippen LogP contribution in [0.5, 0.6) is 0 Å². The van der Waals surface area contributed by atoms with Crippen LogP contribution in [0.15, 0.2) is 18.2 Å². The van der Waals surface area contributed by atoms with Gasteiger partial charge in [0.25, 0.3) is 0 Å². The molecule has 1 fully saturated rings. The van der Waals surface area contributed by atoms with Crippen molar-refractivity contribution in [2.24, 2.45) is 5.92 Å². The van der Waals surface area contributed by atoms with Crippen molar-refractivity contribution in [3.63, 3.8) is 0 Å². The van der Waals surface area contributed by atoms with Crippen molar-refractivity contribution in [1.82, 2.24) is 4.90 Å². The van der Waals surface area contributed by atoms with Gasteiger partial charge in [-0.2, -0.15) is 0 Å². The summed E-state index contributed by atoms with van der Waals surface area (Å²) in [5.41, 5.74) is 4.43. The van der Waals surface area contributed by atoms with Gasteiger partial charge in [-0.25, -0.2) is 0 Å². The molecule has 3 heteroatoms. The first-order chi connectivity index (χ1) is 9.20. The predicted molar refractivity (Wildman–Crippen MR) is 74.1 cm³/mol. The molecule has 3 rings (SSSR count). The lowest BCUT2D eigenvalue weighted by Crippen LogP contribution is -2.21. The molecule has 1 saturated heterocycles. The van der Waals surface area contributed by atoms with Crippen molar-refractivity contribution in [3.05, 3.63) is 34.9 Å². The van der Waals surface area contributed by atoms with E-state index in [2.05, 4.69) is 23.1 Å². The second-order valence-corrected chi connectivity index (χ2v) is 5.94. The van der Waals surface area contributed by atoms with Crippen LogP contribution in [-0.2, 0) is 24.2 Å². The summed E-state index contributed by atoms with van der Waals surface area (Å²) in [5, 5.41) is 8.84. The highest BCUT2D eigenvalue weighted by molar-refractivity contribution is 5.67. The van der Waals surface area contributed by atoms with Gasteiger partial charge < -0.3 is 5.11 Å². The number of carboxylic acids is 1. The summed E-state index contributed by atoms with van der Waals surface area (Å²) in [7, 11) is 0. The van der Waals surface area contributed by atoms with Crippen LogP contribution in [0.2, 0.25) is 0 Å². The van der Waals surface area contributed by atoms with Crippen molar-refractivity contribution in [1.29, 1.82) is 0 Å². The number of hydrogen-bond acceptors (Lipinski definition) is 2. The average molecular weight is 259 g/mol. The smallest absolute Gasteiger partial charge is 0.303 e. The van der Waals surface area contributed by atoms with Crippen LogP contribution in [0.1, 0.15) is 36.0 Å². The topological polar surface area (TPSA) is 40.5 Å². The molecular formula is C16H21NO2. The molecular weight excluding hydrogens is 238 g/mol. The van der Waals surface area contributed by atoms with Gasteiger partial charge in [0.1, 0.15) is 0 Å². The van der Waals surface area contributed by atoms with Gasteiger partial charge in [0, 0.05) is 19.5 Å². The molecule has 0 radical (unpaired) electrons. The van der Waals surface area contributed by atoms with Crippen LogP contribution in [0, 0.1) is 5.92 Å². The lowest BCUT2D eigenvalue weighted by atomic mass is 10.1. The lowest BCUT2D eigenvalue weighted by Gasteiger charge is -2.16. The lowest BCUT2D eigenvalue weighted by molar-refractivity contribution is -0.138. The summed E-state index contributed by atoms with van der Waals surface area (Å²) in [4.78, 5) is 13.1. The van der Waals surface area contributed by atoms with Crippen LogP contribution >= 0.6 is 0 Å². The van der Waals surface area contributed by atoms with Crippen molar-refractivity contribution in [2.45, 2.75) is 38.6 Å². The highest BCUT2D eigenvalue weighted by Gasteiger charge is 2.24. The Morgan fingerprint density at radius 1 is 1.32 bits per heavy atom. The number of benzene rings is 1. The maximum absolute atomic E-state index is 10.7. The van der Waals surface area contributed by atoms with Crippen molar-refractivity contribution >= 4 is 5.97 Å². The molecule has 1 aromatic rings. The summed E-state index contributed by atoms with van der Waals surface area (Å²) in [5.74, 6) is -0.323. The molecule has 1 N–H and O–H groups in total. The second kappa shape index (κ2) is 5.33. The Morgan fingerprint density at radius 3 is 3.00 bits per heavy atom. The number of aliphatic carboxylic acids is 1. The fourth-order valence-electron chi connectivity index (χ4n) is 3.45. The Bertz CT molecular complexity index is 484. The zero-order valence-corrected chi connectivity index (χ0v) is 11.3. The fraction of sp³-hybridized carbons (Fsp3) is 0.562. The Balaban J connectivity index is 1.59. The third-order valence-electron chi connectivity index (χ3n) is 4.40. The molecule has 1 aromatic carbocycles. The van der Waals surface area contributed by atoms with E-state index in [1.807, 2.05) is 0 Å². The van der Waals surface area contributed by atoms with Crippen LogP contribution < -0.4 is 0 Å². The monoisotopic (exact) mass is 259 g/mol.